The van der Waals surface area contributed by atoms with E-state index in [1.165, 1.54) is 0 Å². The molecule has 0 bridgehead atoms. The highest BCUT2D eigenvalue weighted by Gasteiger charge is 2.37. The quantitative estimate of drug-likeness (QED) is 0.611. The van der Waals surface area contributed by atoms with E-state index in [9.17, 15) is 14.7 Å². The lowest BCUT2D eigenvalue weighted by molar-refractivity contribution is -0.133. The Hall–Kier alpha value is -2.99. The maximum atomic E-state index is 13.4. The maximum absolute atomic E-state index is 13.4. The van der Waals surface area contributed by atoms with Gasteiger partial charge in [0.25, 0.3) is 5.91 Å². The van der Waals surface area contributed by atoms with E-state index in [1.54, 1.807) is 11.9 Å². The third-order valence-corrected chi connectivity index (χ3v) is 6.61. The van der Waals surface area contributed by atoms with Gasteiger partial charge in [0.1, 0.15) is 0 Å². The van der Waals surface area contributed by atoms with Crippen molar-refractivity contribution in [2.75, 3.05) is 11.9 Å². The van der Waals surface area contributed by atoms with Crippen LogP contribution in [0.2, 0.25) is 0 Å². The minimum atomic E-state index is -1.05. The number of fused-ring (bicyclic) bond motifs is 1. The molecule has 174 valence electrons. The van der Waals surface area contributed by atoms with E-state index in [2.05, 4.69) is 12.2 Å². The van der Waals surface area contributed by atoms with Crippen LogP contribution in [0, 0.1) is 11.8 Å². The SMILES string of the molecule is CCCCC(O)C(CC1CC1)C(=O)N[C@H]1N=C(c2ccccc2)c2ccccc2N(C)C1=O. The van der Waals surface area contributed by atoms with Crippen molar-refractivity contribution in [3.8, 4) is 0 Å². The zero-order valence-electron chi connectivity index (χ0n) is 19.4. The van der Waals surface area contributed by atoms with Crippen LogP contribution in [0.3, 0.4) is 0 Å². The second kappa shape index (κ2) is 10.3. The zero-order valence-corrected chi connectivity index (χ0v) is 19.4. The van der Waals surface area contributed by atoms with Crippen LogP contribution >= 0.6 is 0 Å². The van der Waals surface area contributed by atoms with Crippen molar-refractivity contribution in [3.63, 3.8) is 0 Å². The van der Waals surface area contributed by atoms with E-state index in [0.29, 0.717) is 24.5 Å². The van der Waals surface area contributed by atoms with Gasteiger partial charge in [0, 0.05) is 18.2 Å². The first-order chi connectivity index (χ1) is 16.0. The zero-order chi connectivity index (χ0) is 23.4. The van der Waals surface area contributed by atoms with Crippen molar-refractivity contribution >= 4 is 23.2 Å². The summed E-state index contributed by atoms with van der Waals surface area (Å²) >= 11 is 0. The van der Waals surface area contributed by atoms with Crippen LogP contribution < -0.4 is 10.2 Å². The molecule has 0 spiro atoms. The fourth-order valence-corrected chi connectivity index (χ4v) is 4.45. The van der Waals surface area contributed by atoms with Gasteiger partial charge >= 0.3 is 0 Å². The van der Waals surface area contributed by atoms with Gasteiger partial charge in [-0.15, -0.1) is 0 Å². The molecule has 3 atom stereocenters. The summed E-state index contributed by atoms with van der Waals surface area (Å²) in [4.78, 5) is 33.0. The van der Waals surface area contributed by atoms with Crippen LogP contribution in [0.15, 0.2) is 59.6 Å². The van der Waals surface area contributed by atoms with E-state index in [4.69, 9.17) is 4.99 Å². The lowest BCUT2D eigenvalue weighted by atomic mass is 9.91. The minimum absolute atomic E-state index is 0.292. The molecule has 0 radical (unpaired) electrons. The molecule has 0 saturated heterocycles. The monoisotopic (exact) mass is 447 g/mol. The average molecular weight is 448 g/mol. The third-order valence-electron chi connectivity index (χ3n) is 6.61. The van der Waals surface area contributed by atoms with Gasteiger partial charge in [-0.3, -0.25) is 9.59 Å². The van der Waals surface area contributed by atoms with Crippen molar-refractivity contribution < 1.29 is 14.7 Å². The number of aliphatic hydroxyl groups is 1. The molecule has 1 fully saturated rings. The highest BCUT2D eigenvalue weighted by molar-refractivity contribution is 6.20. The Balaban J connectivity index is 1.65. The molecule has 6 heteroatoms. The first kappa shape index (κ1) is 23.2. The summed E-state index contributed by atoms with van der Waals surface area (Å²) in [5.41, 5.74) is 3.14. The number of carbonyl (C=O) groups is 2. The largest absolute Gasteiger partial charge is 0.392 e. The first-order valence-corrected chi connectivity index (χ1v) is 12.0. The number of aliphatic imine (C=N–C) groups is 1. The van der Waals surface area contributed by atoms with Gasteiger partial charge in [0.2, 0.25) is 12.1 Å². The van der Waals surface area contributed by atoms with Crippen molar-refractivity contribution in [3.05, 3.63) is 65.7 Å². The van der Waals surface area contributed by atoms with Crippen LogP contribution in [0.5, 0.6) is 0 Å². The number of unbranched alkanes of at least 4 members (excludes halogenated alkanes) is 1. The smallest absolute Gasteiger partial charge is 0.272 e. The Morgan fingerprint density at radius 3 is 2.55 bits per heavy atom. The first-order valence-electron chi connectivity index (χ1n) is 12.0. The van der Waals surface area contributed by atoms with Crippen LogP contribution in [0.4, 0.5) is 5.69 Å². The number of carbonyl (C=O) groups excluding carboxylic acids is 2. The number of para-hydroxylation sites is 1. The maximum Gasteiger partial charge on any atom is 0.272 e. The Morgan fingerprint density at radius 1 is 1.15 bits per heavy atom. The van der Waals surface area contributed by atoms with E-state index >= 15 is 0 Å². The number of benzene rings is 2. The normalized spacial score (nSPS) is 19.8. The lowest BCUT2D eigenvalue weighted by Gasteiger charge is -2.25. The van der Waals surface area contributed by atoms with Gasteiger partial charge in [0.05, 0.1) is 23.4 Å². The predicted octanol–water partition coefficient (Wildman–Crippen LogP) is 3.91. The Labute approximate surface area is 195 Å². The summed E-state index contributed by atoms with van der Waals surface area (Å²) in [6.45, 7) is 2.07. The van der Waals surface area contributed by atoms with Crippen molar-refractivity contribution in [1.29, 1.82) is 0 Å². The molecule has 1 heterocycles. The number of rotatable bonds is 9. The minimum Gasteiger partial charge on any atom is -0.392 e. The highest BCUT2D eigenvalue weighted by atomic mass is 16.3. The summed E-state index contributed by atoms with van der Waals surface area (Å²) < 4.78 is 0. The Morgan fingerprint density at radius 2 is 1.85 bits per heavy atom. The van der Waals surface area contributed by atoms with Gasteiger partial charge in [-0.25, -0.2) is 4.99 Å². The number of nitrogens with one attached hydrogen (secondary N) is 1. The number of nitrogens with zero attached hydrogens (tertiary/aromatic N) is 2. The Bertz CT molecular complexity index is 1020. The molecule has 2 N–H and O–H groups in total. The van der Waals surface area contributed by atoms with Crippen LogP contribution in [0.1, 0.15) is 56.6 Å². The molecule has 1 aliphatic carbocycles. The van der Waals surface area contributed by atoms with Gasteiger partial charge in [0.15, 0.2) is 0 Å². The number of likely N-dealkylation sites (N-methyl/N-ethyl adjacent to an activating group) is 1. The van der Waals surface area contributed by atoms with Crippen molar-refractivity contribution in [1.82, 2.24) is 5.32 Å². The van der Waals surface area contributed by atoms with Gasteiger partial charge in [-0.1, -0.05) is 81.1 Å². The van der Waals surface area contributed by atoms with E-state index in [1.807, 2.05) is 54.6 Å². The van der Waals surface area contributed by atoms with Crippen molar-refractivity contribution in [2.24, 2.45) is 16.8 Å². The summed E-state index contributed by atoms with van der Waals surface area (Å²) in [7, 11) is 1.71. The number of anilines is 1. The van der Waals surface area contributed by atoms with E-state index < -0.39 is 18.2 Å². The molecule has 2 amide bonds. The van der Waals surface area contributed by atoms with Gasteiger partial charge < -0.3 is 15.3 Å². The number of amides is 2. The van der Waals surface area contributed by atoms with E-state index in [-0.39, 0.29) is 11.8 Å². The number of aliphatic hydroxyl groups excluding tert-OH is 1. The summed E-state index contributed by atoms with van der Waals surface area (Å²) in [5, 5.41) is 13.7. The number of hydrogen-bond donors (Lipinski definition) is 2. The number of benzodiazepines with no additional fused rings is 1. The molecule has 2 unspecified atom stereocenters. The summed E-state index contributed by atoms with van der Waals surface area (Å²) in [5.74, 6) is -0.630. The van der Waals surface area contributed by atoms with Gasteiger partial charge in [-0.2, -0.15) is 0 Å². The molecule has 33 heavy (non-hydrogen) atoms. The fraction of sp³-hybridized carbons (Fsp3) is 0.444. The van der Waals surface area contributed by atoms with Crippen LogP contribution in [-0.2, 0) is 9.59 Å². The molecule has 2 aliphatic rings. The second-order valence-electron chi connectivity index (χ2n) is 9.16. The molecule has 4 rings (SSSR count). The standard InChI is InChI=1S/C27H33N3O3/c1-3-4-14-23(31)21(17-18-15-16-18)26(32)29-25-27(33)30(2)22-13-9-8-12-20(22)24(28-25)19-10-6-5-7-11-19/h5-13,18,21,23,25,31H,3-4,14-17H2,1-2H3,(H,29,32)/t21?,23?,25-/m1/s1. The molecule has 6 nitrogen and oxygen atoms in total. The molecular formula is C27H33N3O3. The Kier molecular flexibility index (Phi) is 7.23. The topological polar surface area (TPSA) is 82.0 Å². The van der Waals surface area contributed by atoms with Crippen LogP contribution in [0.25, 0.3) is 0 Å². The molecule has 2 aromatic rings. The molecular weight excluding hydrogens is 414 g/mol. The van der Waals surface area contributed by atoms with E-state index in [0.717, 1.165) is 42.5 Å². The van der Waals surface area contributed by atoms with Crippen LogP contribution in [-0.4, -0.2) is 41.9 Å². The highest BCUT2D eigenvalue weighted by Crippen LogP contribution is 2.37. The summed E-state index contributed by atoms with van der Waals surface area (Å²) in [6.07, 6.45) is 3.51. The van der Waals surface area contributed by atoms with Gasteiger partial charge in [-0.05, 0) is 24.8 Å². The third kappa shape index (κ3) is 5.33. The van der Waals surface area contributed by atoms with Crippen molar-refractivity contribution in [2.45, 2.75) is 57.7 Å². The molecule has 1 aliphatic heterocycles. The fourth-order valence-electron chi connectivity index (χ4n) is 4.45. The average Bonchev–Trinajstić information content (AvgIpc) is 3.67. The predicted molar refractivity (Wildman–Crippen MR) is 130 cm³/mol. The molecule has 2 aromatic carbocycles. The summed E-state index contributed by atoms with van der Waals surface area (Å²) in [6, 6.07) is 17.3. The molecule has 0 aromatic heterocycles. The molecule has 1 saturated carbocycles. The second-order valence-corrected chi connectivity index (χ2v) is 9.16. The number of hydrogen-bond acceptors (Lipinski definition) is 4. The lowest BCUT2D eigenvalue weighted by Crippen LogP contribution is -2.49.